The first kappa shape index (κ1) is 32.6. The van der Waals surface area contributed by atoms with Crippen LogP contribution in [0, 0.1) is 0 Å². The Morgan fingerprint density at radius 3 is 2.40 bits per heavy atom. The van der Waals surface area contributed by atoms with Gasteiger partial charge < -0.3 is 30.0 Å². The van der Waals surface area contributed by atoms with Gasteiger partial charge in [-0.15, -0.1) is 0 Å². The number of hydrogen-bond acceptors (Lipinski definition) is 7. The zero-order chi connectivity index (χ0) is 30.6. The third-order valence-electron chi connectivity index (χ3n) is 6.38. The fourth-order valence-electron chi connectivity index (χ4n) is 4.43. The number of nitrogens with zero attached hydrogens (tertiary/aromatic N) is 4. The minimum atomic E-state index is -0.713. The minimum Gasteiger partial charge on any atom is -0.447 e. The van der Waals surface area contributed by atoms with Gasteiger partial charge >= 0.3 is 12.2 Å². The molecule has 226 valence electrons. The van der Waals surface area contributed by atoms with Crippen molar-refractivity contribution in [3.8, 4) is 0 Å². The number of aromatic nitrogens is 3. The molecule has 1 fully saturated rings. The van der Waals surface area contributed by atoms with Gasteiger partial charge in [0.05, 0.1) is 24.2 Å². The molecule has 3 heterocycles. The van der Waals surface area contributed by atoms with Crippen LogP contribution >= 0.6 is 11.6 Å². The number of ether oxygens (including phenoxy) is 2. The SMILES string of the molecule is CC(C)OC(=O)N1CCNCC1.CC(C)OC(N)=O.Cn1cncc1CC1=Cc2cccnc2Cc2ccc(Cl)cc21. The molecule has 1 saturated heterocycles. The summed E-state index contributed by atoms with van der Waals surface area (Å²) in [5, 5.41) is 3.94. The molecule has 0 unspecified atom stereocenters. The van der Waals surface area contributed by atoms with Crippen molar-refractivity contribution in [1.29, 1.82) is 0 Å². The molecule has 11 heteroatoms. The molecule has 2 amide bonds. The second-order valence-corrected chi connectivity index (χ2v) is 11.0. The van der Waals surface area contributed by atoms with Crippen LogP contribution in [0.15, 0.2) is 49.1 Å². The number of carbonyl (C=O) groups is 2. The van der Waals surface area contributed by atoms with Gasteiger partial charge in [0.2, 0.25) is 0 Å². The number of pyridine rings is 1. The fraction of sp³-hybridized carbons (Fsp3) is 0.419. The van der Waals surface area contributed by atoms with Crippen molar-refractivity contribution in [1.82, 2.24) is 24.8 Å². The lowest BCUT2D eigenvalue weighted by atomic mass is 9.96. The van der Waals surface area contributed by atoms with Gasteiger partial charge in [0.15, 0.2) is 0 Å². The molecule has 0 saturated carbocycles. The van der Waals surface area contributed by atoms with Gasteiger partial charge in [0, 0.05) is 69.2 Å². The monoisotopic (exact) mass is 596 g/mol. The maximum Gasteiger partial charge on any atom is 0.410 e. The second kappa shape index (κ2) is 15.9. The molecular weight excluding hydrogens is 556 g/mol. The van der Waals surface area contributed by atoms with E-state index in [1.54, 1.807) is 18.7 Å². The van der Waals surface area contributed by atoms with E-state index >= 15 is 0 Å². The van der Waals surface area contributed by atoms with Crippen LogP contribution in [0.2, 0.25) is 5.02 Å². The number of allylic oxidation sites excluding steroid dienone is 1. The number of nitrogens with two attached hydrogens (primary N) is 1. The Balaban J connectivity index is 0.000000213. The highest BCUT2D eigenvalue weighted by molar-refractivity contribution is 6.30. The van der Waals surface area contributed by atoms with Crippen molar-refractivity contribution < 1.29 is 19.1 Å². The Bertz CT molecular complexity index is 1360. The van der Waals surface area contributed by atoms with E-state index in [2.05, 4.69) is 54.6 Å². The average molecular weight is 597 g/mol. The lowest BCUT2D eigenvalue weighted by molar-refractivity contribution is 0.0732. The molecule has 1 aromatic carbocycles. The zero-order valence-corrected chi connectivity index (χ0v) is 25.7. The highest BCUT2D eigenvalue weighted by Crippen LogP contribution is 2.33. The van der Waals surface area contributed by atoms with Crippen LogP contribution in [-0.4, -0.2) is 70.0 Å². The summed E-state index contributed by atoms with van der Waals surface area (Å²) in [5.74, 6) is 0. The predicted octanol–water partition coefficient (Wildman–Crippen LogP) is 5.08. The van der Waals surface area contributed by atoms with Crippen molar-refractivity contribution in [3.63, 3.8) is 0 Å². The highest BCUT2D eigenvalue weighted by Gasteiger charge is 2.19. The van der Waals surface area contributed by atoms with E-state index in [4.69, 9.17) is 16.3 Å². The van der Waals surface area contributed by atoms with Crippen LogP contribution in [0.4, 0.5) is 9.59 Å². The number of nitrogens with one attached hydrogen (secondary N) is 1. The largest absolute Gasteiger partial charge is 0.447 e. The molecule has 10 nitrogen and oxygen atoms in total. The van der Waals surface area contributed by atoms with Crippen molar-refractivity contribution >= 4 is 35.4 Å². The maximum atomic E-state index is 11.3. The Labute approximate surface area is 252 Å². The molecule has 2 aliphatic rings. The smallest absolute Gasteiger partial charge is 0.410 e. The summed E-state index contributed by atoms with van der Waals surface area (Å²) in [7, 11) is 2.02. The quantitative estimate of drug-likeness (QED) is 0.430. The van der Waals surface area contributed by atoms with Crippen LogP contribution in [0.1, 0.15) is 55.8 Å². The third kappa shape index (κ3) is 10.2. The number of rotatable bonds is 4. The first-order valence-electron chi connectivity index (χ1n) is 14.0. The molecule has 2 aromatic heterocycles. The number of fused-ring (bicyclic) bond motifs is 2. The Morgan fingerprint density at radius 1 is 1.10 bits per heavy atom. The predicted molar refractivity (Wildman–Crippen MR) is 165 cm³/mol. The summed E-state index contributed by atoms with van der Waals surface area (Å²) < 4.78 is 11.5. The van der Waals surface area contributed by atoms with E-state index in [9.17, 15) is 9.59 Å². The van der Waals surface area contributed by atoms with Gasteiger partial charge in [-0.05, 0) is 74.2 Å². The van der Waals surface area contributed by atoms with Crippen molar-refractivity contribution in [3.05, 3.63) is 82.2 Å². The van der Waals surface area contributed by atoms with Gasteiger partial charge in [-0.2, -0.15) is 0 Å². The number of hydrogen-bond donors (Lipinski definition) is 2. The van der Waals surface area contributed by atoms with E-state index in [0.717, 1.165) is 49.7 Å². The van der Waals surface area contributed by atoms with Crippen molar-refractivity contribution in [2.24, 2.45) is 12.8 Å². The molecule has 3 aromatic rings. The summed E-state index contributed by atoms with van der Waals surface area (Å²) in [6.45, 7) is 10.5. The van der Waals surface area contributed by atoms with Gasteiger partial charge in [0.1, 0.15) is 0 Å². The Hall–Kier alpha value is -3.89. The van der Waals surface area contributed by atoms with E-state index < -0.39 is 6.09 Å². The molecule has 0 atom stereocenters. The molecule has 0 radical (unpaired) electrons. The summed E-state index contributed by atoms with van der Waals surface area (Å²) in [6.07, 6.45) is 8.46. The first-order valence-corrected chi connectivity index (χ1v) is 14.4. The van der Waals surface area contributed by atoms with Gasteiger partial charge in [-0.1, -0.05) is 23.7 Å². The molecule has 0 spiro atoms. The van der Waals surface area contributed by atoms with Crippen molar-refractivity contribution in [2.75, 3.05) is 26.2 Å². The number of halogens is 1. The molecule has 1 aliphatic heterocycles. The highest BCUT2D eigenvalue weighted by atomic mass is 35.5. The Morgan fingerprint density at radius 2 is 1.81 bits per heavy atom. The lowest BCUT2D eigenvalue weighted by Crippen LogP contribution is -2.47. The molecular formula is C31H41ClN6O4. The number of primary amides is 1. The number of imidazole rings is 1. The summed E-state index contributed by atoms with van der Waals surface area (Å²) in [6, 6.07) is 10.2. The van der Waals surface area contributed by atoms with E-state index in [0.29, 0.717) is 0 Å². The van der Waals surface area contributed by atoms with Crippen LogP contribution in [0.3, 0.4) is 0 Å². The summed E-state index contributed by atoms with van der Waals surface area (Å²) in [5.41, 5.74) is 11.8. The van der Waals surface area contributed by atoms with Crippen LogP contribution < -0.4 is 11.1 Å². The fourth-order valence-corrected chi connectivity index (χ4v) is 4.60. The van der Waals surface area contributed by atoms with Crippen LogP contribution in [-0.2, 0) is 29.4 Å². The van der Waals surface area contributed by atoms with Crippen molar-refractivity contribution in [2.45, 2.75) is 52.7 Å². The molecule has 0 bridgehead atoms. The zero-order valence-electron chi connectivity index (χ0n) is 25.0. The molecule has 1 aliphatic carbocycles. The van der Waals surface area contributed by atoms with E-state index in [1.807, 2.05) is 51.7 Å². The number of aryl methyl sites for hydroxylation is 1. The van der Waals surface area contributed by atoms with E-state index in [-0.39, 0.29) is 18.3 Å². The minimum absolute atomic E-state index is 0.0209. The molecule has 5 rings (SSSR count). The Kier molecular flexibility index (Phi) is 12.4. The van der Waals surface area contributed by atoms with Gasteiger partial charge in [-0.3, -0.25) is 4.98 Å². The number of piperazine rings is 1. The number of carbonyl (C=O) groups excluding carboxylic acids is 2. The lowest BCUT2D eigenvalue weighted by Gasteiger charge is -2.27. The first-order chi connectivity index (χ1) is 20.0. The number of benzene rings is 1. The summed E-state index contributed by atoms with van der Waals surface area (Å²) >= 11 is 6.26. The normalized spacial score (nSPS) is 13.8. The number of amides is 2. The summed E-state index contributed by atoms with van der Waals surface area (Å²) in [4.78, 5) is 31.6. The third-order valence-corrected chi connectivity index (χ3v) is 6.62. The maximum absolute atomic E-state index is 11.3. The van der Waals surface area contributed by atoms with Crippen LogP contribution in [0.25, 0.3) is 11.6 Å². The molecule has 42 heavy (non-hydrogen) atoms. The van der Waals surface area contributed by atoms with E-state index in [1.165, 1.54) is 28.0 Å². The standard InChI is InChI=1S/C19H16ClN3.C8H16N2O2.C4H9NO2/c1-23-12-21-11-17(23)8-15-7-14-3-2-6-22-19(14)9-13-4-5-16(20)10-18(13)15;1-7(2)12-8(11)10-5-3-9-4-6-10;1-3(2)7-4(5)6/h2-7,10-12H,8-9H2,1H3;7,9H,3-6H2,1-2H3;3H,1-2H3,(H2,5,6). The second-order valence-electron chi connectivity index (χ2n) is 10.5. The van der Waals surface area contributed by atoms with Gasteiger partial charge in [0.25, 0.3) is 0 Å². The molecule has 3 N–H and O–H groups in total. The van der Waals surface area contributed by atoms with Gasteiger partial charge in [-0.25, -0.2) is 14.6 Å². The average Bonchev–Trinajstić information content (AvgIpc) is 3.27. The topological polar surface area (TPSA) is 125 Å². The van der Waals surface area contributed by atoms with Crippen LogP contribution in [0.5, 0.6) is 0 Å².